The van der Waals surface area contributed by atoms with Crippen LogP contribution >= 0.6 is 10.7 Å². The zero-order valence-electron chi connectivity index (χ0n) is 12.0. The quantitative estimate of drug-likeness (QED) is 0.757. The van der Waals surface area contributed by atoms with Gasteiger partial charge in [-0.2, -0.15) is 0 Å². The lowest BCUT2D eigenvalue weighted by Gasteiger charge is -2.24. The van der Waals surface area contributed by atoms with Crippen molar-refractivity contribution in [3.05, 3.63) is 29.8 Å². The highest BCUT2D eigenvalue weighted by atomic mass is 35.7. The van der Waals surface area contributed by atoms with E-state index < -0.39 is 9.05 Å². The number of amides is 1. The Labute approximate surface area is 125 Å². The fourth-order valence-corrected chi connectivity index (χ4v) is 2.57. The van der Waals surface area contributed by atoms with Crippen molar-refractivity contribution in [1.29, 1.82) is 0 Å². The minimum Gasteiger partial charge on any atom is -0.339 e. The molecule has 0 radical (unpaired) electrons. The Kier molecular flexibility index (Phi) is 6.02. The van der Waals surface area contributed by atoms with E-state index >= 15 is 0 Å². The highest BCUT2D eigenvalue weighted by molar-refractivity contribution is 8.13. The van der Waals surface area contributed by atoms with Gasteiger partial charge in [0.05, 0.1) is 4.90 Å². The molecule has 112 valence electrons. The predicted molar refractivity (Wildman–Crippen MR) is 80.5 cm³/mol. The summed E-state index contributed by atoms with van der Waals surface area (Å²) in [4.78, 5) is 14.1. The van der Waals surface area contributed by atoms with E-state index in [2.05, 4.69) is 13.8 Å². The summed E-state index contributed by atoms with van der Waals surface area (Å²) in [6.45, 7) is 7.43. The Morgan fingerprint density at radius 2 is 1.80 bits per heavy atom. The van der Waals surface area contributed by atoms with Crippen molar-refractivity contribution < 1.29 is 13.2 Å². The summed E-state index contributed by atoms with van der Waals surface area (Å²) in [7, 11) is 1.50. The number of halogens is 1. The van der Waals surface area contributed by atoms with Crippen LogP contribution in [0.25, 0.3) is 0 Å². The second-order valence-corrected chi connectivity index (χ2v) is 7.39. The molecule has 4 nitrogen and oxygen atoms in total. The monoisotopic (exact) mass is 317 g/mol. The van der Waals surface area contributed by atoms with Gasteiger partial charge in [-0.3, -0.25) is 4.79 Å². The Hall–Kier alpha value is -1.07. The number of hydrogen-bond acceptors (Lipinski definition) is 3. The Morgan fingerprint density at radius 3 is 2.20 bits per heavy atom. The second kappa shape index (κ2) is 7.09. The van der Waals surface area contributed by atoms with Crippen molar-refractivity contribution in [2.24, 2.45) is 5.92 Å². The van der Waals surface area contributed by atoms with Gasteiger partial charge in [-0.25, -0.2) is 8.42 Å². The number of carbonyl (C=O) groups excluding carboxylic acids is 1. The van der Waals surface area contributed by atoms with Crippen molar-refractivity contribution in [2.75, 3.05) is 13.1 Å². The average molecular weight is 318 g/mol. The molecule has 0 aliphatic rings. The molecule has 0 heterocycles. The SMILES string of the molecule is CCC(C)CN(CC)C(=O)c1ccc(S(=O)(=O)Cl)cc1. The lowest BCUT2D eigenvalue weighted by Crippen LogP contribution is -2.34. The van der Waals surface area contributed by atoms with Crippen LogP contribution in [0.5, 0.6) is 0 Å². The van der Waals surface area contributed by atoms with Gasteiger partial charge in [0.25, 0.3) is 15.0 Å². The molecule has 1 atom stereocenters. The summed E-state index contributed by atoms with van der Waals surface area (Å²) in [5.74, 6) is 0.340. The second-order valence-electron chi connectivity index (χ2n) is 4.82. The molecule has 0 bridgehead atoms. The van der Waals surface area contributed by atoms with Crippen molar-refractivity contribution in [3.63, 3.8) is 0 Å². The maximum absolute atomic E-state index is 12.3. The maximum Gasteiger partial charge on any atom is 0.261 e. The molecule has 0 saturated heterocycles. The van der Waals surface area contributed by atoms with Gasteiger partial charge in [0, 0.05) is 29.3 Å². The largest absolute Gasteiger partial charge is 0.339 e. The van der Waals surface area contributed by atoms with E-state index in [9.17, 15) is 13.2 Å². The summed E-state index contributed by atoms with van der Waals surface area (Å²) >= 11 is 0. The van der Waals surface area contributed by atoms with E-state index in [1.54, 1.807) is 4.90 Å². The topological polar surface area (TPSA) is 54.5 Å². The molecular weight excluding hydrogens is 298 g/mol. The van der Waals surface area contributed by atoms with Crippen LogP contribution in [-0.4, -0.2) is 32.3 Å². The number of nitrogens with zero attached hydrogens (tertiary/aromatic N) is 1. The van der Waals surface area contributed by atoms with Gasteiger partial charge >= 0.3 is 0 Å². The number of carbonyl (C=O) groups is 1. The van der Waals surface area contributed by atoms with Crippen LogP contribution in [0.4, 0.5) is 0 Å². The molecule has 0 aromatic heterocycles. The molecule has 1 rings (SSSR count). The Bertz CT molecular complexity index is 554. The van der Waals surface area contributed by atoms with E-state index in [1.165, 1.54) is 24.3 Å². The van der Waals surface area contributed by atoms with Crippen LogP contribution in [0.3, 0.4) is 0 Å². The van der Waals surface area contributed by atoms with Gasteiger partial charge < -0.3 is 4.90 Å². The fraction of sp³-hybridized carbons (Fsp3) is 0.500. The van der Waals surface area contributed by atoms with Gasteiger partial charge in [-0.1, -0.05) is 20.3 Å². The standard InChI is InChI=1S/C14H20ClNO3S/c1-4-11(3)10-16(5-2)14(17)12-6-8-13(9-7-12)20(15,18)19/h6-9,11H,4-5,10H2,1-3H3. The molecule has 0 N–H and O–H groups in total. The number of rotatable bonds is 6. The van der Waals surface area contributed by atoms with Crippen LogP contribution in [0, 0.1) is 5.92 Å². The van der Waals surface area contributed by atoms with Gasteiger partial charge in [-0.05, 0) is 37.1 Å². The zero-order chi connectivity index (χ0) is 15.3. The van der Waals surface area contributed by atoms with Gasteiger partial charge in [0.2, 0.25) is 0 Å². The average Bonchev–Trinajstić information content (AvgIpc) is 2.42. The molecule has 0 aliphatic carbocycles. The van der Waals surface area contributed by atoms with Crippen molar-refractivity contribution in [3.8, 4) is 0 Å². The Morgan fingerprint density at radius 1 is 1.25 bits per heavy atom. The summed E-state index contributed by atoms with van der Waals surface area (Å²) in [6.07, 6.45) is 1.01. The Balaban J connectivity index is 2.91. The summed E-state index contributed by atoms with van der Waals surface area (Å²) in [5.41, 5.74) is 0.471. The molecule has 1 aromatic rings. The molecule has 0 spiro atoms. The molecule has 1 amide bonds. The smallest absolute Gasteiger partial charge is 0.261 e. The number of hydrogen-bond donors (Lipinski definition) is 0. The van der Waals surface area contributed by atoms with Crippen LogP contribution in [-0.2, 0) is 9.05 Å². The van der Waals surface area contributed by atoms with Crippen LogP contribution in [0.1, 0.15) is 37.6 Å². The molecule has 0 aliphatic heterocycles. The third-order valence-electron chi connectivity index (χ3n) is 3.28. The first-order chi connectivity index (χ1) is 9.29. The summed E-state index contributed by atoms with van der Waals surface area (Å²) in [5, 5.41) is 0. The molecule has 20 heavy (non-hydrogen) atoms. The van der Waals surface area contributed by atoms with E-state index in [1.807, 2.05) is 6.92 Å². The van der Waals surface area contributed by atoms with Crippen molar-refractivity contribution in [1.82, 2.24) is 4.90 Å². The van der Waals surface area contributed by atoms with E-state index in [0.717, 1.165) is 6.42 Å². The molecule has 1 aromatic carbocycles. The molecule has 1 unspecified atom stereocenters. The lowest BCUT2D eigenvalue weighted by atomic mass is 10.1. The minimum absolute atomic E-state index is 0.000640. The minimum atomic E-state index is -3.75. The summed E-state index contributed by atoms with van der Waals surface area (Å²) < 4.78 is 22.3. The van der Waals surface area contributed by atoms with Crippen LogP contribution in [0.15, 0.2) is 29.2 Å². The first kappa shape index (κ1) is 17.0. The molecular formula is C14H20ClNO3S. The van der Waals surface area contributed by atoms with E-state index in [-0.39, 0.29) is 10.8 Å². The number of benzene rings is 1. The predicted octanol–water partition coefficient (Wildman–Crippen LogP) is 3.12. The summed E-state index contributed by atoms with van der Waals surface area (Å²) in [6, 6.07) is 5.70. The van der Waals surface area contributed by atoms with Crippen LogP contribution < -0.4 is 0 Å². The van der Waals surface area contributed by atoms with E-state index in [0.29, 0.717) is 24.6 Å². The third kappa shape index (κ3) is 4.49. The van der Waals surface area contributed by atoms with Gasteiger partial charge in [0.1, 0.15) is 0 Å². The molecule has 0 saturated carbocycles. The highest BCUT2D eigenvalue weighted by Gasteiger charge is 2.17. The first-order valence-electron chi connectivity index (χ1n) is 6.63. The molecule has 0 fully saturated rings. The van der Waals surface area contributed by atoms with Crippen molar-refractivity contribution >= 4 is 25.6 Å². The zero-order valence-corrected chi connectivity index (χ0v) is 13.5. The normalized spacial score (nSPS) is 13.0. The van der Waals surface area contributed by atoms with Gasteiger partial charge in [0.15, 0.2) is 0 Å². The maximum atomic E-state index is 12.3. The van der Waals surface area contributed by atoms with E-state index in [4.69, 9.17) is 10.7 Å². The third-order valence-corrected chi connectivity index (χ3v) is 4.65. The molecule has 6 heteroatoms. The lowest BCUT2D eigenvalue weighted by molar-refractivity contribution is 0.0740. The van der Waals surface area contributed by atoms with Crippen LogP contribution in [0.2, 0.25) is 0 Å². The fourth-order valence-electron chi connectivity index (χ4n) is 1.80. The first-order valence-corrected chi connectivity index (χ1v) is 8.94. The highest BCUT2D eigenvalue weighted by Crippen LogP contribution is 2.17. The van der Waals surface area contributed by atoms with Gasteiger partial charge in [-0.15, -0.1) is 0 Å². The van der Waals surface area contributed by atoms with Crippen molar-refractivity contribution in [2.45, 2.75) is 32.1 Å².